The summed E-state index contributed by atoms with van der Waals surface area (Å²) in [5.41, 5.74) is -0.555. The van der Waals surface area contributed by atoms with E-state index in [2.05, 4.69) is 0 Å². The highest BCUT2D eigenvalue weighted by Gasteiger charge is 2.44. The summed E-state index contributed by atoms with van der Waals surface area (Å²) in [7, 11) is 1.38. The Kier molecular flexibility index (Phi) is 5.35. The van der Waals surface area contributed by atoms with Crippen LogP contribution in [0.5, 0.6) is 0 Å². The van der Waals surface area contributed by atoms with Crippen LogP contribution in [0.3, 0.4) is 0 Å². The molecule has 0 aromatic carbocycles. The van der Waals surface area contributed by atoms with E-state index in [9.17, 15) is 9.59 Å². The molecule has 2 rings (SSSR count). The summed E-state index contributed by atoms with van der Waals surface area (Å²) in [5.74, 6) is 0.675. The van der Waals surface area contributed by atoms with Crippen molar-refractivity contribution >= 4 is 12.1 Å². The molecule has 1 amide bonds. The summed E-state index contributed by atoms with van der Waals surface area (Å²) in [6.45, 7) is 6.13. The maximum absolute atomic E-state index is 12.4. The summed E-state index contributed by atoms with van der Waals surface area (Å²) < 4.78 is 10.4. The number of carbonyl (C=O) groups is 2. The molecular weight excluding hydrogens is 282 g/mol. The molecule has 2 atom stereocenters. The fraction of sp³-hybridized carbons (Fsp3) is 0.882. The van der Waals surface area contributed by atoms with Gasteiger partial charge in [-0.3, -0.25) is 4.90 Å². The van der Waals surface area contributed by atoms with Gasteiger partial charge in [-0.2, -0.15) is 0 Å². The van der Waals surface area contributed by atoms with Crippen molar-refractivity contribution in [3.05, 3.63) is 0 Å². The third-order valence-electron chi connectivity index (χ3n) is 4.75. The van der Waals surface area contributed by atoms with Crippen molar-refractivity contribution in [2.45, 2.75) is 70.9 Å². The van der Waals surface area contributed by atoms with Crippen LogP contribution < -0.4 is 0 Å². The van der Waals surface area contributed by atoms with E-state index in [4.69, 9.17) is 9.47 Å². The fourth-order valence-corrected chi connectivity index (χ4v) is 3.70. The molecule has 126 valence electrons. The van der Waals surface area contributed by atoms with Gasteiger partial charge in [0.05, 0.1) is 7.11 Å². The van der Waals surface area contributed by atoms with Gasteiger partial charge in [-0.25, -0.2) is 9.59 Å². The summed E-state index contributed by atoms with van der Waals surface area (Å²) in [6.07, 6.45) is 6.55. The number of ether oxygens (including phenoxy) is 2. The highest BCUT2D eigenvalue weighted by Crippen LogP contribution is 2.38. The van der Waals surface area contributed by atoms with E-state index in [1.807, 2.05) is 20.8 Å². The van der Waals surface area contributed by atoms with E-state index in [0.29, 0.717) is 24.8 Å². The average Bonchev–Trinajstić information content (AvgIpc) is 2.91. The quantitative estimate of drug-likeness (QED) is 0.734. The van der Waals surface area contributed by atoms with E-state index in [1.54, 1.807) is 4.90 Å². The average molecular weight is 311 g/mol. The van der Waals surface area contributed by atoms with Crippen LogP contribution in [0, 0.1) is 11.8 Å². The standard InChI is InChI=1S/C17H29NO4/c1-17(2,3)22-16(20)18-11-13(10-14(18)15(19)21-4)12-8-6-5-7-9-12/h12-14H,5-11H2,1-4H3. The minimum Gasteiger partial charge on any atom is -0.467 e. The number of esters is 1. The van der Waals surface area contributed by atoms with E-state index in [-0.39, 0.29) is 5.97 Å². The lowest BCUT2D eigenvalue weighted by atomic mass is 9.79. The molecule has 0 aromatic rings. The molecule has 2 unspecified atom stereocenters. The molecule has 0 N–H and O–H groups in total. The topological polar surface area (TPSA) is 55.8 Å². The summed E-state index contributed by atoms with van der Waals surface area (Å²) in [6, 6.07) is -0.494. The molecule has 0 bridgehead atoms. The minimum atomic E-state index is -0.555. The Morgan fingerprint density at radius 1 is 1.05 bits per heavy atom. The second kappa shape index (κ2) is 6.88. The number of methoxy groups -OCH3 is 1. The molecule has 1 heterocycles. The van der Waals surface area contributed by atoms with Gasteiger partial charge in [0.1, 0.15) is 11.6 Å². The largest absolute Gasteiger partial charge is 0.467 e. The Morgan fingerprint density at radius 2 is 1.68 bits per heavy atom. The van der Waals surface area contributed by atoms with Crippen LogP contribution in [-0.2, 0) is 14.3 Å². The number of rotatable bonds is 2. The van der Waals surface area contributed by atoms with Crippen LogP contribution >= 0.6 is 0 Å². The Hall–Kier alpha value is -1.26. The zero-order valence-corrected chi connectivity index (χ0v) is 14.3. The fourth-order valence-electron chi connectivity index (χ4n) is 3.70. The van der Waals surface area contributed by atoms with Crippen molar-refractivity contribution in [2.75, 3.05) is 13.7 Å². The van der Waals surface area contributed by atoms with Crippen molar-refractivity contribution in [3.8, 4) is 0 Å². The number of hydrogen-bond donors (Lipinski definition) is 0. The van der Waals surface area contributed by atoms with Gasteiger partial charge in [-0.05, 0) is 39.0 Å². The van der Waals surface area contributed by atoms with E-state index in [1.165, 1.54) is 39.2 Å². The molecule has 2 aliphatic rings. The molecule has 1 aliphatic heterocycles. The number of hydrogen-bond acceptors (Lipinski definition) is 4. The number of carbonyl (C=O) groups excluding carboxylic acids is 2. The smallest absolute Gasteiger partial charge is 0.411 e. The van der Waals surface area contributed by atoms with Crippen LogP contribution in [0.4, 0.5) is 4.79 Å². The molecule has 0 spiro atoms. The first kappa shape index (κ1) is 17.1. The SMILES string of the molecule is COC(=O)C1CC(C2CCCCC2)CN1C(=O)OC(C)(C)C. The highest BCUT2D eigenvalue weighted by atomic mass is 16.6. The molecule has 1 saturated heterocycles. The monoisotopic (exact) mass is 311 g/mol. The van der Waals surface area contributed by atoms with E-state index < -0.39 is 17.7 Å². The highest BCUT2D eigenvalue weighted by molar-refractivity contribution is 5.82. The maximum atomic E-state index is 12.4. The summed E-state index contributed by atoms with van der Waals surface area (Å²) >= 11 is 0. The van der Waals surface area contributed by atoms with Crippen molar-refractivity contribution in [2.24, 2.45) is 11.8 Å². The van der Waals surface area contributed by atoms with Crippen LogP contribution in [-0.4, -0.2) is 42.3 Å². The second-order valence-electron chi connectivity index (χ2n) is 7.57. The summed E-state index contributed by atoms with van der Waals surface area (Å²) in [4.78, 5) is 26.0. The second-order valence-corrected chi connectivity index (χ2v) is 7.57. The molecule has 0 aromatic heterocycles. The van der Waals surface area contributed by atoms with Crippen LogP contribution in [0.25, 0.3) is 0 Å². The van der Waals surface area contributed by atoms with Gasteiger partial charge in [0, 0.05) is 6.54 Å². The normalized spacial score (nSPS) is 26.8. The lowest BCUT2D eigenvalue weighted by molar-refractivity contribution is -0.145. The van der Waals surface area contributed by atoms with Gasteiger partial charge in [0.2, 0.25) is 0 Å². The lowest BCUT2D eigenvalue weighted by Gasteiger charge is -2.28. The number of likely N-dealkylation sites (tertiary alicyclic amines) is 1. The molecular formula is C17H29NO4. The number of amides is 1. The Balaban J connectivity index is 2.07. The molecule has 5 heteroatoms. The van der Waals surface area contributed by atoms with Gasteiger partial charge in [0.15, 0.2) is 0 Å². The third-order valence-corrected chi connectivity index (χ3v) is 4.75. The predicted octanol–water partition coefficient (Wildman–Crippen LogP) is 3.37. The van der Waals surface area contributed by atoms with Crippen molar-refractivity contribution < 1.29 is 19.1 Å². The van der Waals surface area contributed by atoms with Gasteiger partial charge in [0.25, 0.3) is 0 Å². The van der Waals surface area contributed by atoms with Gasteiger partial charge in [-0.15, -0.1) is 0 Å². The van der Waals surface area contributed by atoms with Crippen LogP contribution in [0.15, 0.2) is 0 Å². The first-order chi connectivity index (χ1) is 10.3. The molecule has 2 fully saturated rings. The first-order valence-electron chi connectivity index (χ1n) is 8.39. The molecule has 1 saturated carbocycles. The minimum absolute atomic E-state index is 0.329. The predicted molar refractivity (Wildman–Crippen MR) is 83.4 cm³/mol. The van der Waals surface area contributed by atoms with Gasteiger partial charge < -0.3 is 9.47 Å². The molecule has 5 nitrogen and oxygen atoms in total. The number of nitrogens with zero attached hydrogens (tertiary/aromatic N) is 1. The zero-order valence-electron chi connectivity index (χ0n) is 14.3. The maximum Gasteiger partial charge on any atom is 0.411 e. The van der Waals surface area contributed by atoms with E-state index >= 15 is 0 Å². The van der Waals surface area contributed by atoms with Gasteiger partial charge in [-0.1, -0.05) is 32.1 Å². The Morgan fingerprint density at radius 3 is 2.23 bits per heavy atom. The van der Waals surface area contributed by atoms with Crippen molar-refractivity contribution in [1.82, 2.24) is 4.90 Å². The summed E-state index contributed by atoms with van der Waals surface area (Å²) in [5, 5.41) is 0. The molecule has 0 radical (unpaired) electrons. The van der Waals surface area contributed by atoms with E-state index in [0.717, 1.165) is 0 Å². The van der Waals surface area contributed by atoms with Crippen LogP contribution in [0.1, 0.15) is 59.3 Å². The molecule has 22 heavy (non-hydrogen) atoms. The first-order valence-corrected chi connectivity index (χ1v) is 8.39. The Labute approximate surface area is 133 Å². The van der Waals surface area contributed by atoms with Crippen molar-refractivity contribution in [3.63, 3.8) is 0 Å². The lowest BCUT2D eigenvalue weighted by Crippen LogP contribution is -2.43. The Bertz CT molecular complexity index is 409. The van der Waals surface area contributed by atoms with Crippen molar-refractivity contribution in [1.29, 1.82) is 0 Å². The molecule has 1 aliphatic carbocycles. The van der Waals surface area contributed by atoms with Gasteiger partial charge >= 0.3 is 12.1 Å². The van der Waals surface area contributed by atoms with Crippen LogP contribution in [0.2, 0.25) is 0 Å². The zero-order chi connectivity index (χ0) is 16.3. The third kappa shape index (κ3) is 4.14.